The van der Waals surface area contributed by atoms with Gasteiger partial charge in [0.25, 0.3) is 0 Å². The standard InChI is InChI=1S/C18H20N2O3S2/c1-13(2)18(16-4-3-9-24-16)20-17(21)12-25(22,23)11-15-7-5-14(10-19)6-8-15/h3-9,13,18H,11-12H2,1-2H3,(H,20,21). The molecule has 1 aromatic carbocycles. The molecule has 7 heteroatoms. The Hall–Kier alpha value is -2.17. The van der Waals surface area contributed by atoms with Crippen molar-refractivity contribution in [1.82, 2.24) is 5.32 Å². The van der Waals surface area contributed by atoms with Crippen LogP contribution >= 0.6 is 11.3 Å². The van der Waals surface area contributed by atoms with Crippen molar-refractivity contribution >= 4 is 27.1 Å². The average molecular weight is 377 g/mol. The number of rotatable bonds is 7. The fourth-order valence-corrected chi connectivity index (χ4v) is 4.66. The van der Waals surface area contributed by atoms with Gasteiger partial charge in [0.05, 0.1) is 23.4 Å². The molecule has 0 aliphatic heterocycles. The van der Waals surface area contributed by atoms with Crippen molar-refractivity contribution in [2.75, 3.05) is 5.75 Å². The molecule has 1 amide bonds. The van der Waals surface area contributed by atoms with Gasteiger partial charge in [-0.1, -0.05) is 32.0 Å². The van der Waals surface area contributed by atoms with Gasteiger partial charge in [-0.3, -0.25) is 4.79 Å². The third kappa shape index (κ3) is 5.69. The van der Waals surface area contributed by atoms with Gasteiger partial charge in [0.2, 0.25) is 5.91 Å². The molecule has 0 saturated heterocycles. The fourth-order valence-electron chi connectivity index (χ4n) is 2.43. The summed E-state index contributed by atoms with van der Waals surface area (Å²) in [6, 6.07) is 11.9. The summed E-state index contributed by atoms with van der Waals surface area (Å²) in [6.07, 6.45) is 0. The highest BCUT2D eigenvalue weighted by Crippen LogP contribution is 2.25. The second-order valence-corrected chi connectivity index (χ2v) is 9.19. The van der Waals surface area contributed by atoms with Crippen LogP contribution in [0.4, 0.5) is 0 Å². The summed E-state index contributed by atoms with van der Waals surface area (Å²) in [5.41, 5.74) is 1.03. The Labute approximate surface area is 152 Å². The smallest absolute Gasteiger partial charge is 0.235 e. The van der Waals surface area contributed by atoms with Gasteiger partial charge in [-0.05, 0) is 35.1 Å². The van der Waals surface area contributed by atoms with E-state index in [-0.39, 0.29) is 17.7 Å². The van der Waals surface area contributed by atoms with Gasteiger partial charge in [0.1, 0.15) is 5.75 Å². The number of nitrogens with zero attached hydrogens (tertiary/aromatic N) is 1. The molecule has 1 heterocycles. The first-order valence-electron chi connectivity index (χ1n) is 7.83. The predicted molar refractivity (Wildman–Crippen MR) is 98.7 cm³/mol. The normalized spacial score (nSPS) is 12.6. The van der Waals surface area contributed by atoms with Crippen LogP contribution < -0.4 is 5.32 Å². The van der Waals surface area contributed by atoms with Gasteiger partial charge in [-0.15, -0.1) is 11.3 Å². The third-order valence-electron chi connectivity index (χ3n) is 3.65. The number of nitriles is 1. The van der Waals surface area contributed by atoms with E-state index in [1.54, 1.807) is 24.3 Å². The third-order valence-corrected chi connectivity index (χ3v) is 6.08. The van der Waals surface area contributed by atoms with Gasteiger partial charge in [0.15, 0.2) is 9.84 Å². The van der Waals surface area contributed by atoms with E-state index in [0.29, 0.717) is 11.1 Å². The average Bonchev–Trinajstić information content (AvgIpc) is 3.06. The van der Waals surface area contributed by atoms with E-state index < -0.39 is 21.5 Å². The van der Waals surface area contributed by atoms with Crippen LogP contribution in [0.25, 0.3) is 0 Å². The molecule has 25 heavy (non-hydrogen) atoms. The molecule has 0 spiro atoms. The summed E-state index contributed by atoms with van der Waals surface area (Å²) in [7, 11) is -3.59. The van der Waals surface area contributed by atoms with E-state index >= 15 is 0 Å². The summed E-state index contributed by atoms with van der Waals surface area (Å²) in [6.45, 7) is 3.96. The highest BCUT2D eigenvalue weighted by molar-refractivity contribution is 7.91. The largest absolute Gasteiger partial charge is 0.347 e. The molecule has 0 fully saturated rings. The zero-order valence-electron chi connectivity index (χ0n) is 14.1. The number of nitrogens with one attached hydrogen (secondary N) is 1. The minimum absolute atomic E-state index is 0.156. The molecule has 132 valence electrons. The number of hydrogen-bond donors (Lipinski definition) is 1. The van der Waals surface area contributed by atoms with Crippen LogP contribution in [0.5, 0.6) is 0 Å². The van der Waals surface area contributed by atoms with Crippen LogP contribution in [0.2, 0.25) is 0 Å². The van der Waals surface area contributed by atoms with Crippen LogP contribution in [0, 0.1) is 17.2 Å². The molecule has 0 saturated carbocycles. The lowest BCUT2D eigenvalue weighted by Gasteiger charge is -2.21. The number of hydrogen-bond acceptors (Lipinski definition) is 5. The maximum absolute atomic E-state index is 12.3. The van der Waals surface area contributed by atoms with Crippen molar-refractivity contribution in [2.24, 2.45) is 5.92 Å². The number of thiophene rings is 1. The molecule has 2 rings (SSSR count). The van der Waals surface area contributed by atoms with E-state index in [0.717, 1.165) is 4.88 Å². The molecule has 0 radical (unpaired) electrons. The molecular formula is C18H20N2O3S2. The van der Waals surface area contributed by atoms with E-state index in [1.165, 1.54) is 11.3 Å². The Balaban J connectivity index is 2.01. The van der Waals surface area contributed by atoms with Crippen molar-refractivity contribution < 1.29 is 13.2 Å². The SMILES string of the molecule is CC(C)C(NC(=O)CS(=O)(=O)Cc1ccc(C#N)cc1)c1cccs1. The van der Waals surface area contributed by atoms with Crippen LogP contribution in [0.15, 0.2) is 41.8 Å². The van der Waals surface area contributed by atoms with E-state index in [1.807, 2.05) is 37.4 Å². The molecule has 1 N–H and O–H groups in total. The van der Waals surface area contributed by atoms with Gasteiger partial charge in [-0.2, -0.15) is 5.26 Å². The van der Waals surface area contributed by atoms with Crippen molar-refractivity contribution in [1.29, 1.82) is 5.26 Å². The first kappa shape index (κ1) is 19.2. The van der Waals surface area contributed by atoms with Crippen LogP contribution in [-0.2, 0) is 20.4 Å². The second-order valence-electron chi connectivity index (χ2n) is 6.15. The van der Waals surface area contributed by atoms with Crippen molar-refractivity contribution in [3.05, 3.63) is 57.8 Å². The summed E-state index contributed by atoms with van der Waals surface area (Å²) in [5, 5.41) is 13.5. The molecule has 1 atom stereocenters. The van der Waals surface area contributed by atoms with Crippen molar-refractivity contribution in [3.63, 3.8) is 0 Å². The molecule has 0 aliphatic carbocycles. The zero-order valence-corrected chi connectivity index (χ0v) is 15.7. The topological polar surface area (TPSA) is 87.0 Å². The number of benzene rings is 1. The Morgan fingerprint density at radius 3 is 2.44 bits per heavy atom. The lowest BCUT2D eigenvalue weighted by Crippen LogP contribution is -2.35. The van der Waals surface area contributed by atoms with Gasteiger partial charge in [0, 0.05) is 4.88 Å². The van der Waals surface area contributed by atoms with Crippen molar-refractivity contribution in [3.8, 4) is 6.07 Å². The lowest BCUT2D eigenvalue weighted by molar-refractivity contribution is -0.119. The van der Waals surface area contributed by atoms with E-state index in [2.05, 4.69) is 5.32 Å². The first-order chi connectivity index (χ1) is 11.8. The number of sulfone groups is 1. The number of carbonyl (C=O) groups is 1. The van der Waals surface area contributed by atoms with Gasteiger partial charge >= 0.3 is 0 Å². The number of carbonyl (C=O) groups excluding carboxylic acids is 1. The predicted octanol–water partition coefficient (Wildman–Crippen LogP) is 3.05. The van der Waals surface area contributed by atoms with Crippen molar-refractivity contribution in [2.45, 2.75) is 25.6 Å². The molecule has 0 aliphatic rings. The van der Waals surface area contributed by atoms with E-state index in [4.69, 9.17) is 5.26 Å². The van der Waals surface area contributed by atoms with Gasteiger partial charge < -0.3 is 5.32 Å². The minimum Gasteiger partial charge on any atom is -0.347 e. The fraction of sp³-hybridized carbons (Fsp3) is 0.333. The summed E-state index contributed by atoms with van der Waals surface area (Å²) >= 11 is 1.53. The monoisotopic (exact) mass is 376 g/mol. The lowest BCUT2D eigenvalue weighted by atomic mass is 10.0. The highest BCUT2D eigenvalue weighted by Gasteiger charge is 2.23. The van der Waals surface area contributed by atoms with E-state index in [9.17, 15) is 13.2 Å². The maximum atomic E-state index is 12.3. The molecular weight excluding hydrogens is 356 g/mol. The molecule has 1 unspecified atom stereocenters. The molecule has 0 bridgehead atoms. The summed E-state index contributed by atoms with van der Waals surface area (Å²) in [5.74, 6) is -1.12. The molecule has 1 aromatic heterocycles. The summed E-state index contributed by atoms with van der Waals surface area (Å²) < 4.78 is 24.6. The Bertz CT molecular complexity index is 849. The molecule has 5 nitrogen and oxygen atoms in total. The number of amides is 1. The highest BCUT2D eigenvalue weighted by atomic mass is 32.2. The van der Waals surface area contributed by atoms with Crippen LogP contribution in [0.1, 0.15) is 35.9 Å². The maximum Gasteiger partial charge on any atom is 0.235 e. The Kier molecular flexibility index (Phi) is 6.34. The van der Waals surface area contributed by atoms with Crippen LogP contribution in [0.3, 0.4) is 0 Å². The minimum atomic E-state index is -3.59. The second kappa shape index (κ2) is 8.28. The Morgan fingerprint density at radius 2 is 1.92 bits per heavy atom. The zero-order chi connectivity index (χ0) is 18.4. The molecule has 2 aromatic rings. The first-order valence-corrected chi connectivity index (χ1v) is 10.5. The van der Waals surface area contributed by atoms with Gasteiger partial charge in [-0.25, -0.2) is 8.42 Å². The van der Waals surface area contributed by atoms with Crippen LogP contribution in [-0.4, -0.2) is 20.1 Å². The summed E-state index contributed by atoms with van der Waals surface area (Å²) in [4.78, 5) is 13.2. The quantitative estimate of drug-likeness (QED) is 0.804. The Morgan fingerprint density at radius 1 is 1.24 bits per heavy atom.